The summed E-state index contributed by atoms with van der Waals surface area (Å²) in [5.41, 5.74) is 2.61. The van der Waals surface area contributed by atoms with Crippen LogP contribution in [0.25, 0.3) is 0 Å². The molecule has 0 saturated carbocycles. The van der Waals surface area contributed by atoms with Crippen LogP contribution in [0.2, 0.25) is 0 Å². The normalized spacial score (nSPS) is 11.7. The largest absolute Gasteiger partial charge is 0.261 e. The number of unbranched alkanes of at least 4 members (excludes halogenated alkanes) is 9. The van der Waals surface area contributed by atoms with Gasteiger partial charge < -0.3 is 0 Å². The quantitative estimate of drug-likeness (QED) is 0.299. The maximum absolute atomic E-state index is 4.62. The highest BCUT2D eigenvalue weighted by molar-refractivity contribution is 8.93. The average Bonchev–Trinajstić information content (AvgIpc) is 2.67. The zero-order chi connectivity index (χ0) is 17.6. The molecule has 1 unspecified atom stereocenters. The Hall–Kier alpha value is -1.15. The number of pyridine rings is 1. The average molecular weight is 418 g/mol. The van der Waals surface area contributed by atoms with Gasteiger partial charge in [-0.2, -0.15) is 0 Å². The summed E-state index contributed by atoms with van der Waals surface area (Å²) < 4.78 is 0. The molecule has 0 amide bonds. The summed E-state index contributed by atoms with van der Waals surface area (Å²) in [5.74, 6) is 0.441. The van der Waals surface area contributed by atoms with Crippen LogP contribution in [0.15, 0.2) is 54.7 Å². The van der Waals surface area contributed by atoms with Crippen molar-refractivity contribution >= 4 is 17.0 Å². The molecule has 1 nitrogen and oxygen atoms in total. The molecule has 1 heterocycles. The molecule has 0 aliphatic rings. The molecule has 1 aromatic carbocycles. The van der Waals surface area contributed by atoms with Crippen LogP contribution in [0, 0.1) is 0 Å². The zero-order valence-corrected chi connectivity index (χ0v) is 18.1. The third kappa shape index (κ3) is 8.98. The summed E-state index contributed by atoms with van der Waals surface area (Å²) >= 11 is 0. The SMILES string of the molecule is Br.CCCCCCCCCCCCC(c1ccccc1)c1ccccn1. The molecule has 0 aliphatic carbocycles. The summed E-state index contributed by atoms with van der Waals surface area (Å²) in [7, 11) is 0. The fourth-order valence-electron chi connectivity index (χ4n) is 3.59. The third-order valence-electron chi connectivity index (χ3n) is 5.09. The Bertz CT molecular complexity index is 501. The van der Waals surface area contributed by atoms with Crippen LogP contribution in [-0.2, 0) is 0 Å². The number of hydrogen-bond donors (Lipinski definition) is 0. The smallest absolute Gasteiger partial charge is 0.0478 e. The van der Waals surface area contributed by atoms with Crippen molar-refractivity contribution in [1.29, 1.82) is 0 Å². The van der Waals surface area contributed by atoms with Crippen molar-refractivity contribution in [2.24, 2.45) is 0 Å². The Morgan fingerprint density at radius 2 is 1.27 bits per heavy atom. The van der Waals surface area contributed by atoms with Crippen LogP contribution >= 0.6 is 17.0 Å². The Balaban J connectivity index is 0.00000338. The van der Waals surface area contributed by atoms with E-state index in [1.165, 1.54) is 81.9 Å². The Labute approximate surface area is 171 Å². The van der Waals surface area contributed by atoms with Crippen molar-refractivity contribution in [2.75, 3.05) is 0 Å². The molecule has 0 radical (unpaired) electrons. The molecular formula is C24H36BrN. The number of hydrogen-bond acceptors (Lipinski definition) is 1. The summed E-state index contributed by atoms with van der Waals surface area (Å²) in [4.78, 5) is 4.62. The molecule has 144 valence electrons. The van der Waals surface area contributed by atoms with E-state index in [4.69, 9.17) is 0 Å². The van der Waals surface area contributed by atoms with Gasteiger partial charge in [0, 0.05) is 17.8 Å². The minimum atomic E-state index is 0. The molecule has 26 heavy (non-hydrogen) atoms. The number of rotatable bonds is 13. The molecule has 0 spiro atoms. The molecule has 0 N–H and O–H groups in total. The first-order valence-electron chi connectivity index (χ1n) is 10.4. The van der Waals surface area contributed by atoms with Crippen LogP contribution in [-0.4, -0.2) is 4.98 Å². The van der Waals surface area contributed by atoms with Crippen molar-refractivity contribution in [2.45, 2.75) is 83.5 Å². The lowest BCUT2D eigenvalue weighted by molar-refractivity contribution is 0.538. The first-order valence-corrected chi connectivity index (χ1v) is 10.4. The molecule has 0 saturated heterocycles. The Kier molecular flexibility index (Phi) is 13.2. The maximum Gasteiger partial charge on any atom is 0.0478 e. The van der Waals surface area contributed by atoms with Gasteiger partial charge in [0.05, 0.1) is 0 Å². The van der Waals surface area contributed by atoms with E-state index in [1.807, 2.05) is 12.3 Å². The highest BCUT2D eigenvalue weighted by Gasteiger charge is 2.14. The van der Waals surface area contributed by atoms with Crippen molar-refractivity contribution in [1.82, 2.24) is 4.98 Å². The van der Waals surface area contributed by atoms with E-state index in [2.05, 4.69) is 54.4 Å². The van der Waals surface area contributed by atoms with Gasteiger partial charge in [-0.3, -0.25) is 4.98 Å². The first-order chi connectivity index (χ1) is 12.4. The van der Waals surface area contributed by atoms with Crippen LogP contribution in [0.1, 0.15) is 94.7 Å². The second kappa shape index (κ2) is 15.0. The van der Waals surface area contributed by atoms with Gasteiger partial charge in [-0.15, -0.1) is 17.0 Å². The van der Waals surface area contributed by atoms with Crippen LogP contribution in [0.5, 0.6) is 0 Å². The lowest BCUT2D eigenvalue weighted by Gasteiger charge is -2.17. The summed E-state index contributed by atoms with van der Waals surface area (Å²) in [6.07, 6.45) is 17.0. The molecule has 2 heteroatoms. The van der Waals surface area contributed by atoms with Crippen LogP contribution in [0.3, 0.4) is 0 Å². The van der Waals surface area contributed by atoms with Crippen LogP contribution < -0.4 is 0 Å². The number of nitrogens with zero attached hydrogens (tertiary/aromatic N) is 1. The fourth-order valence-corrected chi connectivity index (χ4v) is 3.59. The zero-order valence-electron chi connectivity index (χ0n) is 16.4. The van der Waals surface area contributed by atoms with E-state index in [1.54, 1.807) is 0 Å². The third-order valence-corrected chi connectivity index (χ3v) is 5.09. The summed E-state index contributed by atoms with van der Waals surface area (Å²) in [6, 6.07) is 17.2. The van der Waals surface area contributed by atoms with Gasteiger partial charge in [0.2, 0.25) is 0 Å². The molecule has 1 atom stereocenters. The lowest BCUT2D eigenvalue weighted by atomic mass is 9.89. The van der Waals surface area contributed by atoms with E-state index in [0.717, 1.165) is 0 Å². The minimum absolute atomic E-state index is 0. The topological polar surface area (TPSA) is 12.9 Å². The van der Waals surface area contributed by atoms with Gasteiger partial charge in [0.15, 0.2) is 0 Å². The highest BCUT2D eigenvalue weighted by Crippen LogP contribution is 2.28. The highest BCUT2D eigenvalue weighted by atomic mass is 79.9. The predicted molar refractivity (Wildman–Crippen MR) is 119 cm³/mol. The fraction of sp³-hybridized carbons (Fsp3) is 0.542. The van der Waals surface area contributed by atoms with E-state index in [9.17, 15) is 0 Å². The van der Waals surface area contributed by atoms with Crippen molar-refractivity contribution in [3.8, 4) is 0 Å². The second-order valence-corrected chi connectivity index (χ2v) is 7.19. The van der Waals surface area contributed by atoms with E-state index in [0.29, 0.717) is 5.92 Å². The van der Waals surface area contributed by atoms with Crippen molar-refractivity contribution in [3.05, 3.63) is 66.0 Å². The van der Waals surface area contributed by atoms with Crippen LogP contribution in [0.4, 0.5) is 0 Å². The van der Waals surface area contributed by atoms with Gasteiger partial charge in [0.1, 0.15) is 0 Å². The van der Waals surface area contributed by atoms with Gasteiger partial charge in [0.25, 0.3) is 0 Å². The van der Waals surface area contributed by atoms with E-state index < -0.39 is 0 Å². The summed E-state index contributed by atoms with van der Waals surface area (Å²) in [5, 5.41) is 0. The Morgan fingerprint density at radius 1 is 0.692 bits per heavy atom. The van der Waals surface area contributed by atoms with Gasteiger partial charge in [-0.1, -0.05) is 108 Å². The molecule has 2 rings (SSSR count). The molecule has 2 aromatic rings. The molecule has 0 aliphatic heterocycles. The maximum atomic E-state index is 4.62. The summed E-state index contributed by atoms with van der Waals surface area (Å²) in [6.45, 7) is 2.29. The number of benzene rings is 1. The second-order valence-electron chi connectivity index (χ2n) is 7.19. The number of aromatic nitrogens is 1. The standard InChI is InChI=1S/C24H35N.BrH/c1-2-3-4-5-6-7-8-9-10-14-19-23(22-17-12-11-13-18-22)24-20-15-16-21-25-24;/h11-13,15-18,20-21,23H,2-10,14,19H2,1H3;1H. The minimum Gasteiger partial charge on any atom is -0.261 e. The van der Waals surface area contributed by atoms with E-state index in [-0.39, 0.29) is 17.0 Å². The van der Waals surface area contributed by atoms with E-state index >= 15 is 0 Å². The predicted octanol–water partition coefficient (Wildman–Crippen LogP) is 8.10. The van der Waals surface area contributed by atoms with Gasteiger partial charge in [-0.25, -0.2) is 0 Å². The lowest BCUT2D eigenvalue weighted by Crippen LogP contribution is -2.03. The number of halogens is 1. The molecular weight excluding hydrogens is 382 g/mol. The van der Waals surface area contributed by atoms with Gasteiger partial charge >= 0.3 is 0 Å². The monoisotopic (exact) mass is 417 g/mol. The Morgan fingerprint density at radius 3 is 1.85 bits per heavy atom. The molecule has 0 fully saturated rings. The van der Waals surface area contributed by atoms with Crippen molar-refractivity contribution in [3.63, 3.8) is 0 Å². The van der Waals surface area contributed by atoms with Gasteiger partial charge in [-0.05, 0) is 24.1 Å². The molecule has 1 aromatic heterocycles. The molecule has 0 bridgehead atoms. The van der Waals surface area contributed by atoms with Crippen molar-refractivity contribution < 1.29 is 0 Å². The first kappa shape index (κ1) is 22.9.